The van der Waals surface area contributed by atoms with E-state index in [9.17, 15) is 4.79 Å². The first-order valence-corrected chi connectivity index (χ1v) is 8.34. The number of hydrogen-bond acceptors (Lipinski definition) is 3. The molecule has 1 N–H and O–H groups in total. The summed E-state index contributed by atoms with van der Waals surface area (Å²) in [6.07, 6.45) is 7.20. The molecule has 5 unspecified atom stereocenters. The predicted molar refractivity (Wildman–Crippen MR) is 78.7 cm³/mol. The van der Waals surface area contributed by atoms with E-state index in [1.807, 2.05) is 13.8 Å². The zero-order chi connectivity index (χ0) is 14.6. The second-order valence-corrected chi connectivity index (χ2v) is 7.31. The van der Waals surface area contributed by atoms with Crippen LogP contribution in [0.2, 0.25) is 0 Å². The molecule has 2 bridgehead atoms. The molecule has 3 saturated carbocycles. The Morgan fingerprint density at radius 1 is 1.24 bits per heavy atom. The van der Waals surface area contributed by atoms with Gasteiger partial charge in [-0.2, -0.15) is 0 Å². The highest BCUT2D eigenvalue weighted by Crippen LogP contribution is 2.58. The maximum Gasteiger partial charge on any atom is 0.224 e. The van der Waals surface area contributed by atoms with Gasteiger partial charge >= 0.3 is 0 Å². The molecule has 21 heavy (non-hydrogen) atoms. The average Bonchev–Trinajstić information content (AvgIpc) is 3.16. The lowest BCUT2D eigenvalue weighted by atomic mass is 9.79. The average molecular weight is 288 g/mol. The van der Waals surface area contributed by atoms with Crippen molar-refractivity contribution in [3.05, 3.63) is 17.0 Å². The Kier molecular flexibility index (Phi) is 3.09. The summed E-state index contributed by atoms with van der Waals surface area (Å²) in [4.78, 5) is 12.4. The third-order valence-electron chi connectivity index (χ3n) is 6.29. The third-order valence-corrected chi connectivity index (χ3v) is 6.29. The molecule has 114 valence electrons. The monoisotopic (exact) mass is 288 g/mol. The largest absolute Gasteiger partial charge is 0.361 e. The molecular weight excluding hydrogens is 264 g/mol. The number of nitrogens with one attached hydrogen (secondary N) is 1. The number of fused-ring (bicyclic) bond motifs is 5. The van der Waals surface area contributed by atoms with Crippen LogP contribution in [0, 0.1) is 37.5 Å². The van der Waals surface area contributed by atoms with E-state index in [-0.39, 0.29) is 5.91 Å². The molecule has 4 heteroatoms. The number of amides is 1. The summed E-state index contributed by atoms with van der Waals surface area (Å²) < 4.78 is 5.14. The van der Waals surface area contributed by atoms with Gasteiger partial charge in [0.25, 0.3) is 0 Å². The summed E-state index contributed by atoms with van der Waals surface area (Å²) in [5.74, 6) is 4.41. The molecule has 1 aromatic rings. The summed E-state index contributed by atoms with van der Waals surface area (Å²) in [6, 6.07) is 0.419. The first kappa shape index (κ1) is 13.4. The lowest BCUT2D eigenvalue weighted by Gasteiger charge is -2.32. The molecular formula is C17H24N2O2. The minimum Gasteiger partial charge on any atom is -0.361 e. The van der Waals surface area contributed by atoms with Crippen molar-refractivity contribution in [1.82, 2.24) is 10.5 Å². The van der Waals surface area contributed by atoms with E-state index in [4.69, 9.17) is 4.52 Å². The van der Waals surface area contributed by atoms with E-state index >= 15 is 0 Å². The summed E-state index contributed by atoms with van der Waals surface area (Å²) in [6.45, 7) is 3.78. The van der Waals surface area contributed by atoms with Crippen molar-refractivity contribution in [2.75, 3.05) is 0 Å². The number of carbonyl (C=O) groups excluding carboxylic acids is 1. The number of hydrogen-bond donors (Lipinski definition) is 1. The van der Waals surface area contributed by atoms with Gasteiger partial charge < -0.3 is 9.84 Å². The summed E-state index contributed by atoms with van der Waals surface area (Å²) in [5.41, 5.74) is 1.79. The van der Waals surface area contributed by atoms with Gasteiger partial charge in [-0.1, -0.05) is 11.6 Å². The van der Waals surface area contributed by atoms with E-state index in [2.05, 4.69) is 10.5 Å². The summed E-state index contributed by atoms with van der Waals surface area (Å²) in [7, 11) is 0. The lowest BCUT2D eigenvalue weighted by Crippen LogP contribution is -2.43. The smallest absolute Gasteiger partial charge is 0.224 e. The molecule has 4 nitrogen and oxygen atoms in total. The Morgan fingerprint density at radius 2 is 2.05 bits per heavy atom. The van der Waals surface area contributed by atoms with Gasteiger partial charge in [0, 0.05) is 11.6 Å². The second-order valence-electron chi connectivity index (χ2n) is 7.31. The van der Waals surface area contributed by atoms with Gasteiger partial charge in [-0.25, -0.2) is 0 Å². The highest BCUT2D eigenvalue weighted by Gasteiger charge is 2.53. The SMILES string of the molecule is Cc1noc(C)c1CC(=O)NC1CC2CC1C1CCCC21. The zero-order valence-corrected chi connectivity index (χ0v) is 12.9. The molecule has 3 aliphatic carbocycles. The third kappa shape index (κ3) is 2.11. The summed E-state index contributed by atoms with van der Waals surface area (Å²) in [5, 5.41) is 7.23. The van der Waals surface area contributed by atoms with E-state index in [1.54, 1.807) is 0 Å². The molecule has 0 saturated heterocycles. The van der Waals surface area contributed by atoms with Crippen LogP contribution in [0.3, 0.4) is 0 Å². The molecule has 0 aromatic carbocycles. The number of aryl methyl sites for hydroxylation is 2. The molecule has 0 spiro atoms. The van der Waals surface area contributed by atoms with Crippen LogP contribution >= 0.6 is 0 Å². The van der Waals surface area contributed by atoms with Crippen molar-refractivity contribution in [3.8, 4) is 0 Å². The molecule has 0 aliphatic heterocycles. The number of carbonyl (C=O) groups is 1. The molecule has 5 atom stereocenters. The first-order chi connectivity index (χ1) is 10.1. The highest BCUT2D eigenvalue weighted by atomic mass is 16.5. The Bertz CT molecular complexity index is 546. The highest BCUT2D eigenvalue weighted by molar-refractivity contribution is 5.79. The molecule has 1 amide bonds. The topological polar surface area (TPSA) is 55.1 Å². The lowest BCUT2D eigenvalue weighted by molar-refractivity contribution is -0.121. The molecule has 1 aromatic heterocycles. The minimum atomic E-state index is 0.136. The van der Waals surface area contributed by atoms with Gasteiger partial charge in [0.2, 0.25) is 5.91 Å². The van der Waals surface area contributed by atoms with Gasteiger partial charge in [-0.15, -0.1) is 0 Å². The zero-order valence-electron chi connectivity index (χ0n) is 12.9. The minimum absolute atomic E-state index is 0.136. The van der Waals surface area contributed by atoms with Crippen molar-refractivity contribution in [2.24, 2.45) is 23.7 Å². The van der Waals surface area contributed by atoms with Gasteiger partial charge in [0.1, 0.15) is 5.76 Å². The fourth-order valence-electron chi connectivity index (χ4n) is 5.41. The van der Waals surface area contributed by atoms with E-state index in [0.29, 0.717) is 12.5 Å². The van der Waals surface area contributed by atoms with Crippen molar-refractivity contribution < 1.29 is 9.32 Å². The van der Waals surface area contributed by atoms with Crippen molar-refractivity contribution in [3.63, 3.8) is 0 Å². The maximum absolute atomic E-state index is 12.4. The molecule has 3 aliphatic rings. The quantitative estimate of drug-likeness (QED) is 0.930. The van der Waals surface area contributed by atoms with Crippen molar-refractivity contribution >= 4 is 5.91 Å². The number of aromatic nitrogens is 1. The van der Waals surface area contributed by atoms with E-state index in [0.717, 1.165) is 40.7 Å². The standard InChI is InChI=1S/C17H24N2O2/c1-9-14(10(2)21-19-9)8-17(20)18-16-7-11-6-15(16)13-5-3-4-12(11)13/h11-13,15-16H,3-8H2,1-2H3,(H,18,20). The fourth-order valence-corrected chi connectivity index (χ4v) is 5.41. The predicted octanol–water partition coefficient (Wildman–Crippen LogP) is 2.77. The Labute approximate surface area is 125 Å². The van der Waals surface area contributed by atoms with Crippen molar-refractivity contribution in [2.45, 2.75) is 58.4 Å². The Balaban J connectivity index is 1.40. The molecule has 1 heterocycles. The first-order valence-electron chi connectivity index (χ1n) is 8.34. The van der Waals surface area contributed by atoms with Crippen LogP contribution in [0.15, 0.2) is 4.52 Å². The van der Waals surface area contributed by atoms with Gasteiger partial charge in [-0.05, 0) is 63.2 Å². The normalized spacial score (nSPS) is 37.0. The molecule has 3 fully saturated rings. The number of nitrogens with zero attached hydrogens (tertiary/aromatic N) is 1. The van der Waals surface area contributed by atoms with Crippen LogP contribution in [0.1, 0.15) is 49.1 Å². The van der Waals surface area contributed by atoms with E-state index < -0.39 is 0 Å². The van der Waals surface area contributed by atoms with Crippen LogP contribution < -0.4 is 5.32 Å². The Morgan fingerprint density at radius 3 is 2.81 bits per heavy atom. The van der Waals surface area contributed by atoms with Crippen LogP contribution in [0.25, 0.3) is 0 Å². The van der Waals surface area contributed by atoms with Crippen LogP contribution in [-0.4, -0.2) is 17.1 Å². The molecule has 4 rings (SSSR count). The van der Waals surface area contributed by atoms with Gasteiger partial charge in [0.05, 0.1) is 12.1 Å². The van der Waals surface area contributed by atoms with Crippen LogP contribution in [0.4, 0.5) is 0 Å². The van der Waals surface area contributed by atoms with Crippen LogP contribution in [-0.2, 0) is 11.2 Å². The second kappa shape index (κ2) is 4.85. The van der Waals surface area contributed by atoms with Crippen LogP contribution in [0.5, 0.6) is 0 Å². The van der Waals surface area contributed by atoms with Crippen molar-refractivity contribution in [1.29, 1.82) is 0 Å². The van der Waals surface area contributed by atoms with Gasteiger partial charge in [-0.3, -0.25) is 4.79 Å². The molecule has 0 radical (unpaired) electrons. The summed E-state index contributed by atoms with van der Waals surface area (Å²) >= 11 is 0. The van der Waals surface area contributed by atoms with Gasteiger partial charge in [0.15, 0.2) is 0 Å². The Hall–Kier alpha value is -1.32. The maximum atomic E-state index is 12.4. The fraction of sp³-hybridized carbons (Fsp3) is 0.765. The van der Waals surface area contributed by atoms with E-state index in [1.165, 1.54) is 32.1 Å². The number of rotatable bonds is 3.